The Labute approximate surface area is 85.7 Å². The van der Waals surface area contributed by atoms with Gasteiger partial charge in [-0.15, -0.1) is 0 Å². The van der Waals surface area contributed by atoms with Gasteiger partial charge in [0.1, 0.15) is 5.76 Å². The second-order valence-corrected chi connectivity index (χ2v) is 3.30. The van der Waals surface area contributed by atoms with Crippen molar-refractivity contribution in [1.29, 1.82) is 0 Å². The van der Waals surface area contributed by atoms with Crippen LogP contribution in [0, 0.1) is 0 Å². The fourth-order valence-electron chi connectivity index (χ4n) is 1.27. The van der Waals surface area contributed by atoms with E-state index < -0.39 is 6.10 Å². The number of aliphatic hydroxyl groups is 1. The Balaban J connectivity index is 2.33. The van der Waals surface area contributed by atoms with Gasteiger partial charge in [0.05, 0.1) is 5.69 Å². The smallest absolute Gasteiger partial charge is 0.193 e. The molecule has 74 valence electrons. The van der Waals surface area contributed by atoms with Gasteiger partial charge in [0.15, 0.2) is 11.3 Å². The highest BCUT2D eigenvalue weighted by Gasteiger charge is 2.17. The molecule has 1 atom stereocenters. The van der Waals surface area contributed by atoms with Crippen molar-refractivity contribution < 1.29 is 9.52 Å². The predicted molar refractivity (Wildman–Crippen MR) is 51.0 cm³/mol. The third kappa shape index (κ3) is 1.54. The van der Waals surface area contributed by atoms with Gasteiger partial charge in [0, 0.05) is 13.2 Å². The minimum atomic E-state index is -0.824. The Kier molecular flexibility index (Phi) is 2.31. The molecule has 0 amide bonds. The van der Waals surface area contributed by atoms with Crippen LogP contribution in [0.4, 0.5) is 0 Å². The lowest BCUT2D eigenvalue weighted by atomic mass is 10.2. The lowest BCUT2D eigenvalue weighted by Gasteiger charge is -2.07. The van der Waals surface area contributed by atoms with E-state index in [0.717, 1.165) is 0 Å². The summed E-state index contributed by atoms with van der Waals surface area (Å²) in [5.41, 5.74) is 0.663. The van der Waals surface area contributed by atoms with E-state index in [1.165, 1.54) is 0 Å². The van der Waals surface area contributed by atoms with Gasteiger partial charge < -0.3 is 9.52 Å². The molecule has 1 unspecified atom stereocenters. The monoisotopic (exact) mass is 212 g/mol. The van der Waals surface area contributed by atoms with Crippen LogP contribution < -0.4 is 0 Å². The first-order valence-corrected chi connectivity index (χ1v) is 4.47. The molecule has 0 fully saturated rings. The molecule has 0 aromatic carbocycles. The van der Waals surface area contributed by atoms with E-state index in [0.29, 0.717) is 11.5 Å². The summed E-state index contributed by atoms with van der Waals surface area (Å²) in [5.74, 6) is 0.415. The van der Waals surface area contributed by atoms with Crippen molar-refractivity contribution in [1.82, 2.24) is 9.78 Å². The van der Waals surface area contributed by atoms with Crippen LogP contribution in [-0.4, -0.2) is 14.9 Å². The second kappa shape index (κ2) is 3.48. The Morgan fingerprint density at radius 2 is 2.29 bits per heavy atom. The fraction of sp³-hybridized carbons (Fsp3) is 0.222. The summed E-state index contributed by atoms with van der Waals surface area (Å²) in [6.45, 7) is 0. The minimum Gasteiger partial charge on any atom is -0.447 e. The van der Waals surface area contributed by atoms with Crippen LogP contribution in [-0.2, 0) is 7.05 Å². The first kappa shape index (κ1) is 9.30. The van der Waals surface area contributed by atoms with Gasteiger partial charge in [0.2, 0.25) is 0 Å². The standard InChI is InChI=1S/C9H9ClN2O2/c1-12-6(4-5-11-12)9(13)7-2-3-8(10)14-7/h2-5,9,13H,1H3. The Hall–Kier alpha value is -1.26. The highest BCUT2D eigenvalue weighted by molar-refractivity contribution is 6.28. The molecule has 2 rings (SSSR count). The summed E-state index contributed by atoms with van der Waals surface area (Å²) in [6.07, 6.45) is 0.790. The minimum absolute atomic E-state index is 0.265. The van der Waals surface area contributed by atoms with Crippen LogP contribution in [0.5, 0.6) is 0 Å². The highest BCUT2D eigenvalue weighted by Crippen LogP contribution is 2.24. The van der Waals surface area contributed by atoms with Crippen molar-refractivity contribution in [3.8, 4) is 0 Å². The normalized spacial score (nSPS) is 13.1. The van der Waals surface area contributed by atoms with E-state index in [2.05, 4.69) is 5.10 Å². The summed E-state index contributed by atoms with van der Waals surface area (Å²) >= 11 is 5.61. The molecule has 2 heterocycles. The lowest BCUT2D eigenvalue weighted by Crippen LogP contribution is -2.05. The topological polar surface area (TPSA) is 51.2 Å². The maximum absolute atomic E-state index is 9.86. The maximum Gasteiger partial charge on any atom is 0.193 e. The molecule has 0 spiro atoms. The van der Waals surface area contributed by atoms with E-state index in [1.54, 1.807) is 36.1 Å². The third-order valence-electron chi connectivity index (χ3n) is 2.00. The van der Waals surface area contributed by atoms with E-state index in [1.807, 2.05) is 0 Å². The number of hydrogen-bond acceptors (Lipinski definition) is 3. The Bertz CT molecular complexity index is 435. The zero-order chi connectivity index (χ0) is 10.1. The van der Waals surface area contributed by atoms with Gasteiger partial charge in [-0.05, 0) is 29.8 Å². The molecule has 4 nitrogen and oxygen atoms in total. The molecule has 14 heavy (non-hydrogen) atoms. The Morgan fingerprint density at radius 1 is 1.50 bits per heavy atom. The molecule has 2 aromatic rings. The summed E-state index contributed by atoms with van der Waals surface area (Å²) in [6, 6.07) is 4.96. The van der Waals surface area contributed by atoms with Crippen molar-refractivity contribution >= 4 is 11.6 Å². The molecule has 0 saturated carbocycles. The lowest BCUT2D eigenvalue weighted by molar-refractivity contribution is 0.180. The molecule has 0 aliphatic carbocycles. The first-order chi connectivity index (χ1) is 6.68. The summed E-state index contributed by atoms with van der Waals surface area (Å²) < 4.78 is 6.68. The van der Waals surface area contributed by atoms with E-state index in [4.69, 9.17) is 16.0 Å². The van der Waals surface area contributed by atoms with Crippen LogP contribution >= 0.6 is 11.6 Å². The van der Waals surface area contributed by atoms with E-state index in [-0.39, 0.29) is 5.22 Å². The molecule has 2 aromatic heterocycles. The maximum atomic E-state index is 9.86. The van der Waals surface area contributed by atoms with Crippen LogP contribution in [0.2, 0.25) is 5.22 Å². The van der Waals surface area contributed by atoms with Gasteiger partial charge in [-0.2, -0.15) is 5.10 Å². The van der Waals surface area contributed by atoms with Crippen molar-refractivity contribution in [2.75, 3.05) is 0 Å². The number of nitrogens with zero attached hydrogens (tertiary/aromatic N) is 2. The molecule has 0 aliphatic rings. The van der Waals surface area contributed by atoms with Gasteiger partial charge in [0.25, 0.3) is 0 Å². The average molecular weight is 213 g/mol. The number of furan rings is 1. The second-order valence-electron chi connectivity index (χ2n) is 2.92. The van der Waals surface area contributed by atoms with Crippen LogP contribution in [0.1, 0.15) is 17.6 Å². The zero-order valence-corrected chi connectivity index (χ0v) is 8.27. The van der Waals surface area contributed by atoms with Gasteiger partial charge in [-0.3, -0.25) is 4.68 Å². The fourth-order valence-corrected chi connectivity index (χ4v) is 1.43. The van der Waals surface area contributed by atoms with E-state index in [9.17, 15) is 5.11 Å². The summed E-state index contributed by atoms with van der Waals surface area (Å²) in [5, 5.41) is 14.1. The SMILES string of the molecule is Cn1nccc1C(O)c1ccc(Cl)o1. The highest BCUT2D eigenvalue weighted by atomic mass is 35.5. The van der Waals surface area contributed by atoms with Crippen LogP contribution in [0.25, 0.3) is 0 Å². The van der Waals surface area contributed by atoms with Crippen LogP contribution in [0.3, 0.4) is 0 Å². The number of aliphatic hydroxyl groups excluding tert-OH is 1. The third-order valence-corrected chi connectivity index (χ3v) is 2.21. The van der Waals surface area contributed by atoms with Crippen molar-refractivity contribution in [2.45, 2.75) is 6.10 Å². The van der Waals surface area contributed by atoms with E-state index >= 15 is 0 Å². The first-order valence-electron chi connectivity index (χ1n) is 4.09. The molecular formula is C9H9ClN2O2. The quantitative estimate of drug-likeness (QED) is 0.825. The van der Waals surface area contributed by atoms with Crippen molar-refractivity contribution in [2.24, 2.45) is 7.05 Å². The number of rotatable bonds is 2. The largest absolute Gasteiger partial charge is 0.447 e. The number of aromatic nitrogens is 2. The average Bonchev–Trinajstić information content (AvgIpc) is 2.73. The van der Waals surface area contributed by atoms with Crippen molar-refractivity contribution in [3.05, 3.63) is 41.1 Å². The van der Waals surface area contributed by atoms with Gasteiger partial charge in [-0.25, -0.2) is 0 Å². The number of hydrogen-bond donors (Lipinski definition) is 1. The molecule has 0 saturated heterocycles. The van der Waals surface area contributed by atoms with Gasteiger partial charge >= 0.3 is 0 Å². The predicted octanol–water partition coefficient (Wildman–Crippen LogP) is 1.75. The van der Waals surface area contributed by atoms with Crippen LogP contribution in [0.15, 0.2) is 28.8 Å². The number of halogens is 1. The molecule has 0 aliphatic heterocycles. The molecule has 5 heteroatoms. The summed E-state index contributed by atoms with van der Waals surface area (Å²) in [7, 11) is 1.75. The zero-order valence-electron chi connectivity index (χ0n) is 7.51. The summed E-state index contributed by atoms with van der Waals surface area (Å²) in [4.78, 5) is 0. The molecule has 0 radical (unpaired) electrons. The van der Waals surface area contributed by atoms with Crippen molar-refractivity contribution in [3.63, 3.8) is 0 Å². The molecule has 0 bridgehead atoms. The number of aryl methyl sites for hydroxylation is 1. The van der Waals surface area contributed by atoms with Gasteiger partial charge in [-0.1, -0.05) is 0 Å². The Morgan fingerprint density at radius 3 is 2.79 bits per heavy atom. The molecule has 1 N–H and O–H groups in total. The molecular weight excluding hydrogens is 204 g/mol.